The summed E-state index contributed by atoms with van der Waals surface area (Å²) in [5.74, 6) is 0. The fourth-order valence-electron chi connectivity index (χ4n) is 2.31. The Hall–Kier alpha value is -1.26. The summed E-state index contributed by atoms with van der Waals surface area (Å²) in [7, 11) is 0. The predicted molar refractivity (Wildman–Crippen MR) is 89.6 cm³/mol. The highest BCUT2D eigenvalue weighted by Crippen LogP contribution is 2.35. The lowest BCUT2D eigenvalue weighted by molar-refractivity contribution is 0.641. The summed E-state index contributed by atoms with van der Waals surface area (Å²) in [6.45, 7) is 3.09. The van der Waals surface area contributed by atoms with Crippen molar-refractivity contribution in [2.24, 2.45) is 4.99 Å². The quantitative estimate of drug-likeness (QED) is 0.890. The van der Waals surface area contributed by atoms with E-state index in [2.05, 4.69) is 65.1 Å². The largest absolute Gasteiger partial charge is 0.357 e. The maximum Gasteiger partial charge on any atom is 0.157 e. The number of thioether (sulfide) groups is 1. The van der Waals surface area contributed by atoms with Crippen molar-refractivity contribution in [3.05, 3.63) is 58.3 Å². The molecule has 20 heavy (non-hydrogen) atoms. The van der Waals surface area contributed by atoms with E-state index < -0.39 is 0 Å². The van der Waals surface area contributed by atoms with E-state index in [1.54, 1.807) is 0 Å². The number of rotatable bonds is 4. The van der Waals surface area contributed by atoms with Gasteiger partial charge in [-0.2, -0.15) is 0 Å². The summed E-state index contributed by atoms with van der Waals surface area (Å²) < 4.78 is 0. The van der Waals surface area contributed by atoms with E-state index in [9.17, 15) is 0 Å². The molecule has 0 fully saturated rings. The number of benzene rings is 1. The third kappa shape index (κ3) is 3.07. The van der Waals surface area contributed by atoms with Crippen LogP contribution in [0.4, 0.5) is 0 Å². The summed E-state index contributed by atoms with van der Waals surface area (Å²) in [5.41, 5.74) is 1.36. The Kier molecular flexibility index (Phi) is 4.43. The average Bonchev–Trinajstić information content (AvgIpc) is 3.17. The second-order valence-electron chi connectivity index (χ2n) is 4.78. The molecule has 0 bridgehead atoms. The molecule has 2 atom stereocenters. The van der Waals surface area contributed by atoms with Crippen molar-refractivity contribution in [2.75, 3.05) is 6.54 Å². The molecule has 2 heterocycles. The van der Waals surface area contributed by atoms with E-state index in [1.165, 1.54) is 10.4 Å². The van der Waals surface area contributed by atoms with Crippen molar-refractivity contribution >= 4 is 28.3 Å². The number of aliphatic imine (C=N–C) groups is 1. The van der Waals surface area contributed by atoms with Crippen LogP contribution >= 0.6 is 23.1 Å². The number of thiophene rings is 1. The van der Waals surface area contributed by atoms with Crippen LogP contribution in [0.1, 0.15) is 35.1 Å². The normalized spacial score (nSPS) is 19.6. The summed E-state index contributed by atoms with van der Waals surface area (Å²) in [5, 5.41) is 7.27. The Bertz CT molecular complexity index is 563. The number of nitrogens with one attached hydrogen (secondary N) is 1. The highest BCUT2D eigenvalue weighted by Gasteiger charge is 2.23. The van der Waals surface area contributed by atoms with Gasteiger partial charge >= 0.3 is 0 Å². The van der Waals surface area contributed by atoms with E-state index >= 15 is 0 Å². The molecular formula is C16H18N2S2. The first kappa shape index (κ1) is 13.7. The van der Waals surface area contributed by atoms with Gasteiger partial charge in [0.25, 0.3) is 0 Å². The van der Waals surface area contributed by atoms with Crippen molar-refractivity contribution < 1.29 is 0 Å². The molecule has 3 rings (SSSR count). The lowest BCUT2D eigenvalue weighted by Gasteiger charge is -2.16. The van der Waals surface area contributed by atoms with Gasteiger partial charge in [-0.1, -0.05) is 55.1 Å². The van der Waals surface area contributed by atoms with Crippen LogP contribution in [-0.4, -0.2) is 11.7 Å². The van der Waals surface area contributed by atoms with Crippen molar-refractivity contribution in [3.63, 3.8) is 0 Å². The topological polar surface area (TPSA) is 24.4 Å². The minimum atomic E-state index is 0.385. The third-order valence-electron chi connectivity index (χ3n) is 3.42. The molecule has 2 unspecified atom stereocenters. The first-order valence-electron chi connectivity index (χ1n) is 6.93. The smallest absolute Gasteiger partial charge is 0.157 e. The van der Waals surface area contributed by atoms with Crippen LogP contribution in [0.5, 0.6) is 0 Å². The number of amidine groups is 1. The van der Waals surface area contributed by atoms with Crippen LogP contribution in [0.2, 0.25) is 0 Å². The third-order valence-corrected chi connectivity index (χ3v) is 5.58. The fraction of sp³-hybridized carbons (Fsp3) is 0.312. The summed E-state index contributed by atoms with van der Waals surface area (Å²) in [4.78, 5) is 6.05. The maximum atomic E-state index is 4.66. The van der Waals surface area contributed by atoms with Crippen LogP contribution in [0, 0.1) is 0 Å². The predicted octanol–water partition coefficient (Wildman–Crippen LogP) is 4.63. The lowest BCUT2D eigenvalue weighted by atomic mass is 10.1. The number of nitrogens with zero attached hydrogens (tertiary/aromatic N) is 1. The number of hydrogen-bond acceptors (Lipinski definition) is 4. The molecular weight excluding hydrogens is 284 g/mol. The average molecular weight is 302 g/mol. The molecule has 0 saturated heterocycles. The molecule has 1 aromatic carbocycles. The zero-order valence-corrected chi connectivity index (χ0v) is 13.1. The molecule has 0 saturated carbocycles. The zero-order valence-electron chi connectivity index (χ0n) is 11.5. The van der Waals surface area contributed by atoms with Gasteiger partial charge in [-0.3, -0.25) is 4.99 Å². The highest BCUT2D eigenvalue weighted by atomic mass is 32.2. The molecule has 1 aromatic heterocycles. The van der Waals surface area contributed by atoms with Gasteiger partial charge in [0.05, 0.1) is 17.8 Å². The molecule has 104 valence electrons. The van der Waals surface area contributed by atoms with Gasteiger partial charge in [0, 0.05) is 4.88 Å². The monoisotopic (exact) mass is 302 g/mol. The SMILES string of the molecule is CCC(NC1=NCC(c2ccccc2)S1)c1cccs1. The molecule has 2 nitrogen and oxygen atoms in total. The van der Waals surface area contributed by atoms with Crippen molar-refractivity contribution in [1.82, 2.24) is 5.32 Å². The Labute approximate surface area is 128 Å². The van der Waals surface area contributed by atoms with Gasteiger partial charge in [0.2, 0.25) is 0 Å². The van der Waals surface area contributed by atoms with E-state index in [1.807, 2.05) is 23.1 Å². The Balaban J connectivity index is 1.63. The summed E-state index contributed by atoms with van der Waals surface area (Å²) >= 11 is 3.66. The molecule has 1 aliphatic heterocycles. The van der Waals surface area contributed by atoms with Gasteiger partial charge in [-0.05, 0) is 23.4 Å². The Morgan fingerprint density at radius 1 is 1.25 bits per heavy atom. The van der Waals surface area contributed by atoms with Crippen LogP contribution in [0.25, 0.3) is 0 Å². The van der Waals surface area contributed by atoms with E-state index in [4.69, 9.17) is 0 Å². The highest BCUT2D eigenvalue weighted by molar-refractivity contribution is 8.14. The molecule has 1 N–H and O–H groups in total. The van der Waals surface area contributed by atoms with Crippen molar-refractivity contribution in [3.8, 4) is 0 Å². The van der Waals surface area contributed by atoms with Crippen molar-refractivity contribution in [2.45, 2.75) is 24.6 Å². The molecule has 0 spiro atoms. The standard InChI is InChI=1S/C16H18N2S2/c1-2-13(14-9-6-10-19-14)18-16-17-11-15(20-16)12-7-4-3-5-8-12/h3-10,13,15H,2,11H2,1H3,(H,17,18). The zero-order chi connectivity index (χ0) is 13.8. The Morgan fingerprint density at radius 2 is 2.10 bits per heavy atom. The molecule has 0 radical (unpaired) electrons. The summed E-state index contributed by atoms with van der Waals surface area (Å²) in [6, 6.07) is 15.3. The lowest BCUT2D eigenvalue weighted by Crippen LogP contribution is -2.24. The minimum Gasteiger partial charge on any atom is -0.357 e. The first-order chi connectivity index (χ1) is 9.86. The van der Waals surface area contributed by atoms with Gasteiger partial charge < -0.3 is 5.32 Å². The molecule has 0 amide bonds. The van der Waals surface area contributed by atoms with Crippen LogP contribution in [0.15, 0.2) is 52.8 Å². The van der Waals surface area contributed by atoms with Gasteiger partial charge in [-0.25, -0.2) is 0 Å². The molecule has 2 aromatic rings. The maximum absolute atomic E-state index is 4.66. The molecule has 1 aliphatic rings. The minimum absolute atomic E-state index is 0.385. The van der Waals surface area contributed by atoms with Gasteiger partial charge in [0.15, 0.2) is 5.17 Å². The first-order valence-corrected chi connectivity index (χ1v) is 8.68. The fourth-order valence-corrected chi connectivity index (χ4v) is 4.24. The second-order valence-corrected chi connectivity index (χ2v) is 6.95. The van der Waals surface area contributed by atoms with E-state index in [0.29, 0.717) is 11.3 Å². The van der Waals surface area contributed by atoms with Crippen LogP contribution in [-0.2, 0) is 0 Å². The van der Waals surface area contributed by atoms with Crippen LogP contribution in [0.3, 0.4) is 0 Å². The van der Waals surface area contributed by atoms with Gasteiger partial charge in [-0.15, -0.1) is 11.3 Å². The van der Waals surface area contributed by atoms with Crippen LogP contribution < -0.4 is 5.32 Å². The Morgan fingerprint density at radius 3 is 2.80 bits per heavy atom. The molecule has 0 aliphatic carbocycles. The van der Waals surface area contributed by atoms with Gasteiger partial charge in [0.1, 0.15) is 0 Å². The number of hydrogen-bond donors (Lipinski definition) is 1. The van der Waals surface area contributed by atoms with E-state index in [0.717, 1.165) is 18.1 Å². The summed E-state index contributed by atoms with van der Waals surface area (Å²) in [6.07, 6.45) is 1.08. The van der Waals surface area contributed by atoms with E-state index in [-0.39, 0.29) is 0 Å². The second kappa shape index (κ2) is 6.46. The molecule has 4 heteroatoms. The van der Waals surface area contributed by atoms with Crippen molar-refractivity contribution in [1.29, 1.82) is 0 Å².